The highest BCUT2D eigenvalue weighted by Gasteiger charge is 2.19. The van der Waals surface area contributed by atoms with Gasteiger partial charge in [0, 0.05) is 29.1 Å². The molecule has 3 aromatic carbocycles. The zero-order valence-electron chi connectivity index (χ0n) is 19.3. The molecule has 0 aliphatic heterocycles. The number of anilines is 1. The Balaban J connectivity index is 1.44. The first-order valence-electron chi connectivity index (χ1n) is 11.3. The van der Waals surface area contributed by atoms with Gasteiger partial charge in [-0.15, -0.1) is 10.2 Å². The number of hydrogen-bond donors (Lipinski definition) is 1. The summed E-state index contributed by atoms with van der Waals surface area (Å²) in [6, 6.07) is 22.8. The van der Waals surface area contributed by atoms with E-state index in [4.69, 9.17) is 4.98 Å². The Hall–Kier alpha value is -4.11. The molecule has 0 spiro atoms. The molecule has 0 fully saturated rings. The van der Waals surface area contributed by atoms with E-state index in [2.05, 4.69) is 15.5 Å². The third kappa shape index (κ3) is 4.83. The topological polar surface area (TPSA) is 72.7 Å². The monoisotopic (exact) mass is 501 g/mol. The average Bonchev–Trinajstić information content (AvgIpc) is 3.31. The molecule has 2 aromatic heterocycles. The molecular weight excluding hydrogens is 480 g/mol. The lowest BCUT2D eigenvalue weighted by Gasteiger charge is -2.12. The molecule has 0 atom stereocenters. The van der Waals surface area contributed by atoms with Crippen molar-refractivity contribution in [2.45, 2.75) is 18.6 Å². The average molecular weight is 502 g/mol. The van der Waals surface area contributed by atoms with Crippen molar-refractivity contribution in [3.8, 4) is 22.6 Å². The molecule has 1 N–H and O–H groups in total. The van der Waals surface area contributed by atoms with Gasteiger partial charge in [0.1, 0.15) is 11.6 Å². The number of fused-ring (bicyclic) bond motifs is 1. The Morgan fingerprint density at radius 2 is 1.75 bits per heavy atom. The van der Waals surface area contributed by atoms with E-state index in [-0.39, 0.29) is 11.4 Å². The minimum atomic E-state index is -0.828. The molecule has 0 aliphatic rings. The number of halogens is 2. The Bertz CT molecular complexity index is 1560. The SMILES string of the molecule is CCn1c(SCC(=O)Nc2ccc(F)cc2F)nnc1-c1cc(-c2ccccc2)nc2ccccc12. The number of carbonyl (C=O) groups is 1. The Labute approximate surface area is 210 Å². The lowest BCUT2D eigenvalue weighted by Crippen LogP contribution is -2.15. The van der Waals surface area contributed by atoms with Crippen LogP contribution in [0.15, 0.2) is 84.0 Å². The van der Waals surface area contributed by atoms with Gasteiger partial charge in [-0.25, -0.2) is 13.8 Å². The van der Waals surface area contributed by atoms with Crippen LogP contribution in [0, 0.1) is 11.6 Å². The maximum atomic E-state index is 13.9. The first kappa shape index (κ1) is 23.6. The van der Waals surface area contributed by atoms with E-state index in [9.17, 15) is 13.6 Å². The van der Waals surface area contributed by atoms with Crippen LogP contribution >= 0.6 is 11.8 Å². The van der Waals surface area contributed by atoms with Gasteiger partial charge in [-0.3, -0.25) is 4.79 Å². The molecule has 0 saturated carbocycles. The molecule has 180 valence electrons. The van der Waals surface area contributed by atoms with Crippen molar-refractivity contribution >= 4 is 34.3 Å². The van der Waals surface area contributed by atoms with E-state index >= 15 is 0 Å². The van der Waals surface area contributed by atoms with Gasteiger partial charge in [0.15, 0.2) is 11.0 Å². The van der Waals surface area contributed by atoms with Gasteiger partial charge in [0.2, 0.25) is 5.91 Å². The van der Waals surface area contributed by atoms with Crippen LogP contribution in [-0.2, 0) is 11.3 Å². The fraction of sp³-hybridized carbons (Fsp3) is 0.111. The first-order valence-corrected chi connectivity index (χ1v) is 12.3. The van der Waals surface area contributed by atoms with Gasteiger partial charge in [-0.2, -0.15) is 0 Å². The van der Waals surface area contributed by atoms with Crippen molar-refractivity contribution in [3.05, 3.63) is 90.5 Å². The Morgan fingerprint density at radius 1 is 0.972 bits per heavy atom. The van der Waals surface area contributed by atoms with E-state index in [1.165, 1.54) is 17.8 Å². The molecular formula is C27H21F2N5OS. The molecule has 2 heterocycles. The fourth-order valence-corrected chi connectivity index (χ4v) is 4.71. The quantitative estimate of drug-likeness (QED) is 0.269. The van der Waals surface area contributed by atoms with Crippen molar-refractivity contribution in [1.82, 2.24) is 19.7 Å². The number of aromatic nitrogens is 4. The summed E-state index contributed by atoms with van der Waals surface area (Å²) in [4.78, 5) is 17.3. The normalized spacial score (nSPS) is 11.1. The van der Waals surface area contributed by atoms with Crippen molar-refractivity contribution < 1.29 is 13.6 Å². The maximum absolute atomic E-state index is 13.9. The number of hydrogen-bond acceptors (Lipinski definition) is 5. The number of carbonyl (C=O) groups excluding carboxylic acids is 1. The van der Waals surface area contributed by atoms with Crippen LogP contribution in [0.4, 0.5) is 14.5 Å². The highest BCUT2D eigenvalue weighted by Crippen LogP contribution is 2.33. The zero-order valence-corrected chi connectivity index (χ0v) is 20.1. The van der Waals surface area contributed by atoms with Crippen LogP contribution in [0.5, 0.6) is 0 Å². The van der Waals surface area contributed by atoms with E-state index in [1.54, 1.807) is 0 Å². The van der Waals surface area contributed by atoms with Crippen LogP contribution in [0.3, 0.4) is 0 Å². The molecule has 0 saturated heterocycles. The summed E-state index contributed by atoms with van der Waals surface area (Å²) >= 11 is 1.19. The number of nitrogens with zero attached hydrogens (tertiary/aromatic N) is 4. The smallest absolute Gasteiger partial charge is 0.234 e. The van der Waals surface area contributed by atoms with Gasteiger partial charge in [0.05, 0.1) is 22.7 Å². The molecule has 0 bridgehead atoms. The number of thioether (sulfide) groups is 1. The van der Waals surface area contributed by atoms with Gasteiger partial charge >= 0.3 is 0 Å². The molecule has 9 heteroatoms. The minimum Gasteiger partial charge on any atom is -0.323 e. The van der Waals surface area contributed by atoms with Gasteiger partial charge in [-0.1, -0.05) is 60.3 Å². The van der Waals surface area contributed by atoms with Crippen molar-refractivity contribution in [1.29, 1.82) is 0 Å². The van der Waals surface area contributed by atoms with E-state index < -0.39 is 17.5 Å². The van der Waals surface area contributed by atoms with Gasteiger partial charge in [-0.05, 0) is 31.2 Å². The number of rotatable bonds is 7. The standard InChI is InChI=1S/C27H21F2N5OS/c1-2-34-26(32-33-27(34)36-16-25(35)31-23-13-12-18(28)14-21(23)29)20-15-24(17-8-4-3-5-9-17)30-22-11-7-6-10-19(20)22/h3-15H,2,16H2,1H3,(H,31,35). The Morgan fingerprint density at radius 3 is 2.53 bits per heavy atom. The summed E-state index contributed by atoms with van der Waals surface area (Å²) in [7, 11) is 0. The second-order valence-corrected chi connectivity index (χ2v) is 8.89. The molecule has 6 nitrogen and oxygen atoms in total. The second kappa shape index (κ2) is 10.2. The molecule has 0 radical (unpaired) electrons. The van der Waals surface area contributed by atoms with Crippen LogP contribution in [0.25, 0.3) is 33.5 Å². The summed E-state index contributed by atoms with van der Waals surface area (Å²) in [6.45, 7) is 2.56. The van der Waals surface area contributed by atoms with Gasteiger partial charge < -0.3 is 9.88 Å². The van der Waals surface area contributed by atoms with E-state index in [0.29, 0.717) is 17.5 Å². The van der Waals surface area contributed by atoms with Crippen LogP contribution < -0.4 is 5.32 Å². The third-order valence-electron chi connectivity index (χ3n) is 5.60. The molecule has 0 aliphatic carbocycles. The number of nitrogens with one attached hydrogen (secondary N) is 1. The number of amides is 1. The van der Waals surface area contributed by atoms with Crippen LogP contribution in [-0.4, -0.2) is 31.4 Å². The summed E-state index contributed by atoms with van der Waals surface area (Å²) in [5.41, 5.74) is 3.47. The summed E-state index contributed by atoms with van der Waals surface area (Å²) < 4.78 is 28.9. The molecule has 36 heavy (non-hydrogen) atoms. The van der Waals surface area contributed by atoms with Crippen molar-refractivity contribution in [3.63, 3.8) is 0 Å². The molecule has 5 rings (SSSR count). The van der Waals surface area contributed by atoms with Crippen LogP contribution in [0.2, 0.25) is 0 Å². The third-order valence-corrected chi connectivity index (χ3v) is 6.56. The first-order chi connectivity index (χ1) is 17.5. The zero-order chi connectivity index (χ0) is 25.1. The lowest BCUT2D eigenvalue weighted by atomic mass is 10.0. The molecule has 5 aromatic rings. The predicted molar refractivity (Wildman–Crippen MR) is 138 cm³/mol. The highest BCUT2D eigenvalue weighted by molar-refractivity contribution is 7.99. The number of benzene rings is 3. The lowest BCUT2D eigenvalue weighted by molar-refractivity contribution is -0.113. The maximum Gasteiger partial charge on any atom is 0.234 e. The summed E-state index contributed by atoms with van der Waals surface area (Å²) in [6.07, 6.45) is 0. The minimum absolute atomic E-state index is 0.0126. The summed E-state index contributed by atoms with van der Waals surface area (Å²) in [5.74, 6) is -1.31. The highest BCUT2D eigenvalue weighted by atomic mass is 32.2. The Kier molecular flexibility index (Phi) is 6.73. The largest absolute Gasteiger partial charge is 0.323 e. The van der Waals surface area contributed by atoms with Crippen molar-refractivity contribution in [2.24, 2.45) is 0 Å². The van der Waals surface area contributed by atoms with Crippen LogP contribution in [0.1, 0.15) is 6.92 Å². The second-order valence-electron chi connectivity index (χ2n) is 7.95. The van der Waals surface area contributed by atoms with E-state index in [0.717, 1.165) is 39.9 Å². The van der Waals surface area contributed by atoms with Crippen molar-refractivity contribution in [2.75, 3.05) is 11.1 Å². The molecule has 1 amide bonds. The number of para-hydroxylation sites is 1. The summed E-state index contributed by atoms with van der Waals surface area (Å²) in [5, 5.41) is 12.8. The predicted octanol–water partition coefficient (Wildman–Crippen LogP) is 6.19. The fourth-order valence-electron chi connectivity index (χ4n) is 3.90. The van der Waals surface area contributed by atoms with Gasteiger partial charge in [0.25, 0.3) is 0 Å². The van der Waals surface area contributed by atoms with E-state index in [1.807, 2.05) is 72.2 Å². The molecule has 0 unspecified atom stereocenters. The number of pyridine rings is 1.